The van der Waals surface area contributed by atoms with Crippen LogP contribution in [0.5, 0.6) is 0 Å². The molecule has 49 heavy (non-hydrogen) atoms. The monoisotopic (exact) mass is 696 g/mol. The van der Waals surface area contributed by atoms with E-state index in [9.17, 15) is 18.0 Å². The molecule has 0 spiro atoms. The van der Waals surface area contributed by atoms with Gasteiger partial charge in [-0.1, -0.05) is 12.1 Å². The molecule has 4 saturated carbocycles. The van der Waals surface area contributed by atoms with Crippen LogP contribution in [0.2, 0.25) is 0 Å². The maximum Gasteiger partial charge on any atom is 0.431 e. The topological polar surface area (TPSA) is 147 Å². The van der Waals surface area contributed by atoms with Gasteiger partial charge >= 0.3 is 6.09 Å². The molecule has 2 aromatic carbocycles. The number of hydrogen-bond acceptors (Lipinski definition) is 10. The van der Waals surface area contributed by atoms with Gasteiger partial charge in [-0.25, -0.2) is 18.3 Å². The molecule has 2 aromatic rings. The summed E-state index contributed by atoms with van der Waals surface area (Å²) in [6, 6.07) is 16.2. The Kier molecular flexibility index (Phi) is 9.66. The second-order valence-electron chi connectivity index (χ2n) is 14.2. The van der Waals surface area contributed by atoms with E-state index in [1.165, 1.54) is 0 Å². The van der Waals surface area contributed by atoms with Gasteiger partial charge in [0, 0.05) is 62.7 Å². The number of primary amides is 1. The van der Waals surface area contributed by atoms with Crippen molar-refractivity contribution in [3.05, 3.63) is 48.5 Å². The van der Waals surface area contributed by atoms with E-state index in [0.29, 0.717) is 58.4 Å². The number of amides is 2. The molecular formula is C35H48N6O7S. The number of hydroxylamine groups is 1. The number of carbonyl (C=O) groups is 2. The number of methoxy groups -OCH3 is 1. The smallest absolute Gasteiger partial charge is 0.382 e. The van der Waals surface area contributed by atoms with Crippen molar-refractivity contribution in [2.45, 2.75) is 38.1 Å². The lowest BCUT2D eigenvalue weighted by molar-refractivity contribution is -0.145. The Balaban J connectivity index is 0.942. The molecule has 5 fully saturated rings. The van der Waals surface area contributed by atoms with E-state index in [1.54, 1.807) is 16.5 Å². The first kappa shape index (κ1) is 33.9. The van der Waals surface area contributed by atoms with Crippen LogP contribution in [0.1, 0.15) is 32.1 Å². The summed E-state index contributed by atoms with van der Waals surface area (Å²) in [5.41, 5.74) is 9.27. The fourth-order valence-corrected chi connectivity index (χ4v) is 10.4. The van der Waals surface area contributed by atoms with Crippen molar-refractivity contribution in [2.24, 2.45) is 28.9 Å². The molecule has 4 aliphatic carbocycles. The SMILES string of the molecule is COCCOCCS(=O)(=O)N1CCN(c2ccc(N3CCN(OC(=O)NC4[C@@H]5CC6C[C@H]4CC(C(N)=O)(C6)C5)c4ccccc43)cc2)CC1. The number of nitrogens with zero attached hydrogens (tertiary/aromatic N) is 4. The largest absolute Gasteiger partial charge is 0.431 e. The number of carbonyl (C=O) groups excluding carboxylic acids is 2. The van der Waals surface area contributed by atoms with Crippen LogP contribution in [0.15, 0.2) is 48.5 Å². The third-order valence-corrected chi connectivity index (χ3v) is 13.2. The molecule has 2 aliphatic heterocycles. The molecule has 0 aromatic heterocycles. The summed E-state index contributed by atoms with van der Waals surface area (Å²) < 4.78 is 37.4. The quantitative estimate of drug-likeness (QED) is 0.318. The Hall–Kier alpha value is -3.59. The Labute approximate surface area is 288 Å². The van der Waals surface area contributed by atoms with E-state index in [2.05, 4.69) is 39.4 Å². The highest BCUT2D eigenvalue weighted by Crippen LogP contribution is 2.60. The van der Waals surface area contributed by atoms with Gasteiger partial charge < -0.3 is 35.2 Å². The Morgan fingerprint density at radius 1 is 0.857 bits per heavy atom. The molecule has 3 unspecified atom stereocenters. The zero-order valence-corrected chi connectivity index (χ0v) is 29.0. The highest BCUT2D eigenvalue weighted by molar-refractivity contribution is 7.89. The lowest BCUT2D eigenvalue weighted by atomic mass is 9.47. The van der Waals surface area contributed by atoms with Crippen LogP contribution in [-0.4, -0.2) is 103 Å². The summed E-state index contributed by atoms with van der Waals surface area (Å²) in [5, 5.41) is 4.86. The molecule has 13 nitrogen and oxygen atoms in total. The van der Waals surface area contributed by atoms with Gasteiger partial charge in [0.05, 0.1) is 43.5 Å². The minimum Gasteiger partial charge on any atom is -0.382 e. The first-order chi connectivity index (χ1) is 23.7. The maximum atomic E-state index is 13.3. The van der Waals surface area contributed by atoms with Crippen LogP contribution in [0.4, 0.5) is 27.5 Å². The fourth-order valence-electron chi connectivity index (χ4n) is 9.13. The van der Waals surface area contributed by atoms with Crippen LogP contribution < -0.4 is 25.9 Å². The van der Waals surface area contributed by atoms with E-state index >= 15 is 0 Å². The third-order valence-electron chi connectivity index (χ3n) is 11.3. The average molecular weight is 697 g/mol. The van der Waals surface area contributed by atoms with Crippen LogP contribution in [0.3, 0.4) is 0 Å². The zero-order chi connectivity index (χ0) is 34.2. The van der Waals surface area contributed by atoms with Gasteiger partial charge in [-0.3, -0.25) is 4.79 Å². The Bertz CT molecular complexity index is 1600. The molecule has 5 atom stereocenters. The van der Waals surface area contributed by atoms with Crippen molar-refractivity contribution in [1.82, 2.24) is 9.62 Å². The molecule has 8 rings (SSSR count). The minimum atomic E-state index is -3.38. The Morgan fingerprint density at radius 3 is 2.20 bits per heavy atom. The van der Waals surface area contributed by atoms with E-state index in [4.69, 9.17) is 20.0 Å². The molecule has 2 heterocycles. The predicted molar refractivity (Wildman–Crippen MR) is 186 cm³/mol. The van der Waals surface area contributed by atoms with E-state index in [-0.39, 0.29) is 36.1 Å². The fraction of sp³-hybridized carbons (Fsp3) is 0.600. The highest BCUT2D eigenvalue weighted by Gasteiger charge is 2.58. The maximum absolute atomic E-state index is 13.3. The summed E-state index contributed by atoms with van der Waals surface area (Å²) in [4.78, 5) is 36.0. The highest BCUT2D eigenvalue weighted by atomic mass is 32.2. The second-order valence-corrected chi connectivity index (χ2v) is 16.3. The number of hydrogen-bond donors (Lipinski definition) is 2. The number of nitrogens with one attached hydrogen (secondary N) is 1. The van der Waals surface area contributed by atoms with Crippen molar-refractivity contribution in [3.63, 3.8) is 0 Å². The Morgan fingerprint density at radius 2 is 1.53 bits per heavy atom. The number of anilines is 4. The van der Waals surface area contributed by atoms with Crippen LogP contribution in [0, 0.1) is 23.2 Å². The van der Waals surface area contributed by atoms with Crippen molar-refractivity contribution in [1.29, 1.82) is 0 Å². The molecule has 14 heteroatoms. The summed E-state index contributed by atoms with van der Waals surface area (Å²) in [5.74, 6) is 0.819. The molecule has 0 radical (unpaired) electrons. The van der Waals surface area contributed by atoms with E-state index in [0.717, 1.165) is 54.9 Å². The van der Waals surface area contributed by atoms with Gasteiger partial charge in [-0.05, 0) is 86.3 Å². The van der Waals surface area contributed by atoms with Crippen molar-refractivity contribution in [2.75, 3.05) is 86.8 Å². The lowest BCUT2D eigenvalue weighted by Gasteiger charge is -2.58. The number of benzene rings is 2. The van der Waals surface area contributed by atoms with E-state index < -0.39 is 21.5 Å². The van der Waals surface area contributed by atoms with Gasteiger partial charge in [0.2, 0.25) is 15.9 Å². The number of piperazine rings is 1. The molecule has 2 amide bonds. The summed E-state index contributed by atoms with van der Waals surface area (Å²) in [6.07, 6.45) is 4.00. The van der Waals surface area contributed by atoms with Gasteiger partial charge in [0.1, 0.15) is 0 Å². The number of nitrogens with two attached hydrogens (primary N) is 1. The second kappa shape index (κ2) is 14.0. The number of sulfonamides is 1. The minimum absolute atomic E-state index is 0.00443. The summed E-state index contributed by atoms with van der Waals surface area (Å²) in [7, 11) is -1.79. The average Bonchev–Trinajstić information content (AvgIpc) is 3.10. The van der Waals surface area contributed by atoms with Crippen molar-refractivity contribution in [3.8, 4) is 0 Å². The molecule has 4 bridgehead atoms. The van der Waals surface area contributed by atoms with E-state index in [1.807, 2.05) is 24.3 Å². The first-order valence-corrected chi connectivity index (χ1v) is 19.1. The normalized spacial score (nSPS) is 28.0. The number of fused-ring (bicyclic) bond motifs is 1. The molecule has 266 valence electrons. The first-order valence-electron chi connectivity index (χ1n) is 17.5. The van der Waals surface area contributed by atoms with Crippen LogP contribution in [-0.2, 0) is 29.1 Å². The molecule has 6 aliphatic rings. The molecule has 1 saturated heterocycles. The standard InChI is InChI=1S/C35H48N6O7S/c1-46-16-17-47-18-19-49(44,45)39-12-10-38(11-13-39)28-6-8-29(9-7-28)40-14-15-41(31-5-3-2-4-30(31)40)48-34(43)37-32-26-20-25-21-27(32)24-35(22-25,23-26)33(36)42/h2-9,25-27,32H,10-24H2,1H3,(H2,36,42)(H,37,43)/t25?,26-,27+,32?,35?. The number of rotatable bonds is 12. The predicted octanol–water partition coefficient (Wildman–Crippen LogP) is 3.08. The van der Waals surface area contributed by atoms with Crippen molar-refractivity contribution < 1.29 is 32.3 Å². The third kappa shape index (κ3) is 6.92. The van der Waals surface area contributed by atoms with Crippen molar-refractivity contribution >= 4 is 44.8 Å². The number of ether oxygens (including phenoxy) is 2. The summed E-state index contributed by atoms with van der Waals surface area (Å²) >= 11 is 0. The van der Waals surface area contributed by atoms with Gasteiger partial charge in [-0.2, -0.15) is 4.31 Å². The molecular weight excluding hydrogens is 648 g/mol. The van der Waals surface area contributed by atoms with Gasteiger partial charge in [0.25, 0.3) is 0 Å². The summed E-state index contributed by atoms with van der Waals surface area (Å²) in [6.45, 7) is 4.17. The van der Waals surface area contributed by atoms with Crippen LogP contribution in [0.25, 0.3) is 0 Å². The molecule has 3 N–H and O–H groups in total. The van der Waals surface area contributed by atoms with Gasteiger partial charge in [-0.15, -0.1) is 0 Å². The number of para-hydroxylation sites is 2. The lowest BCUT2D eigenvalue weighted by Crippen LogP contribution is -2.62. The zero-order valence-electron chi connectivity index (χ0n) is 28.2. The van der Waals surface area contributed by atoms with Crippen LogP contribution >= 0.6 is 0 Å². The van der Waals surface area contributed by atoms with Gasteiger partial charge in [0.15, 0.2) is 0 Å².